The highest BCUT2D eigenvalue weighted by atomic mass is 19.4. The van der Waals surface area contributed by atoms with E-state index in [-0.39, 0.29) is 66.7 Å². The normalized spacial score (nSPS) is 12.9. The molecule has 1 aliphatic heterocycles. The lowest BCUT2D eigenvalue weighted by atomic mass is 9.84. The molecule has 3 N–H and O–H groups in total. The Kier molecular flexibility index (Phi) is 10.5. The van der Waals surface area contributed by atoms with Gasteiger partial charge >= 0.3 is 12.1 Å². The number of fused-ring (bicyclic) bond motifs is 1. The number of nitrogens with two attached hydrogens (primary N) is 1. The summed E-state index contributed by atoms with van der Waals surface area (Å²) in [5.74, 6) is -4.31. The molecule has 0 radical (unpaired) electrons. The van der Waals surface area contributed by atoms with Crippen LogP contribution < -0.4 is 19.9 Å². The van der Waals surface area contributed by atoms with Gasteiger partial charge < -0.3 is 29.7 Å². The summed E-state index contributed by atoms with van der Waals surface area (Å²) in [7, 11) is 3.19. The van der Waals surface area contributed by atoms with Gasteiger partial charge in [0.15, 0.2) is 17.3 Å². The third-order valence-electron chi connectivity index (χ3n) is 6.84. The number of hydrogen-bond donors (Lipinski definition) is 2. The molecule has 0 saturated carbocycles. The fraction of sp³-hybridized carbons (Fsp3) is 0.452. The van der Waals surface area contributed by atoms with Crippen LogP contribution in [0.1, 0.15) is 77.9 Å². The number of ether oxygens (including phenoxy) is 3. The van der Waals surface area contributed by atoms with Gasteiger partial charge in [-0.05, 0) is 48.6 Å². The van der Waals surface area contributed by atoms with Crippen molar-refractivity contribution in [3.05, 3.63) is 52.1 Å². The van der Waals surface area contributed by atoms with Gasteiger partial charge in [0.1, 0.15) is 11.6 Å². The topological polar surface area (TPSA) is 152 Å². The maximum Gasteiger partial charge on any atom is 0.491 e. The summed E-state index contributed by atoms with van der Waals surface area (Å²) in [5.41, 5.74) is 5.80. The summed E-state index contributed by atoms with van der Waals surface area (Å²) in [4.78, 5) is 52.3. The van der Waals surface area contributed by atoms with Gasteiger partial charge in [-0.3, -0.25) is 19.8 Å². The second-order valence-corrected chi connectivity index (χ2v) is 11.7. The van der Waals surface area contributed by atoms with Gasteiger partial charge in [0.25, 0.3) is 5.91 Å². The van der Waals surface area contributed by atoms with Crippen molar-refractivity contribution >= 4 is 29.4 Å². The van der Waals surface area contributed by atoms with E-state index in [4.69, 9.17) is 25.4 Å². The zero-order valence-corrected chi connectivity index (χ0v) is 26.0. The Morgan fingerprint density at radius 2 is 1.69 bits per heavy atom. The van der Waals surface area contributed by atoms with Crippen LogP contribution in [0.3, 0.4) is 0 Å². The zero-order valence-electron chi connectivity index (χ0n) is 26.0. The molecule has 1 heterocycles. The SMILES string of the molecule is CCOc1cc2c(cc1C(=O)N(C)C)C(=N)N(CC(=O)c1cc(OCCCC(N)=O)c(OC(=O)C(F)(F)F)c(C(C)(C)C)c1)C2. The molecule has 0 saturated heterocycles. The molecule has 0 spiro atoms. The van der Waals surface area contributed by atoms with Crippen LogP contribution in [0.4, 0.5) is 13.2 Å². The number of amides is 2. The monoisotopic (exact) mass is 634 g/mol. The summed E-state index contributed by atoms with van der Waals surface area (Å²) >= 11 is 0. The van der Waals surface area contributed by atoms with Gasteiger partial charge in [0, 0.05) is 43.8 Å². The van der Waals surface area contributed by atoms with Gasteiger partial charge in [0.2, 0.25) is 5.91 Å². The Hall–Kier alpha value is -4.62. The van der Waals surface area contributed by atoms with Crippen LogP contribution in [-0.4, -0.2) is 79.2 Å². The van der Waals surface area contributed by atoms with E-state index in [1.54, 1.807) is 53.9 Å². The fourth-order valence-electron chi connectivity index (χ4n) is 4.62. The van der Waals surface area contributed by atoms with Crippen LogP contribution >= 0.6 is 0 Å². The van der Waals surface area contributed by atoms with Gasteiger partial charge in [-0.25, -0.2) is 4.79 Å². The molecule has 45 heavy (non-hydrogen) atoms. The number of Topliss-reactive ketones (excluding diaryl/α,β-unsaturated/α-hetero) is 1. The van der Waals surface area contributed by atoms with Crippen molar-refractivity contribution < 1.29 is 46.6 Å². The molecule has 2 aromatic rings. The van der Waals surface area contributed by atoms with E-state index in [1.807, 2.05) is 0 Å². The number of halogens is 3. The quantitative estimate of drug-likeness (QED) is 0.152. The molecule has 0 unspecified atom stereocenters. The number of nitrogens with one attached hydrogen (secondary N) is 1. The molecule has 0 fully saturated rings. The standard InChI is InChI=1S/C31H37F3N4O7/c1-7-43-23-13-18-15-38(27(36)19(18)14-20(23)28(41)37(5)6)16-22(39)17-11-21(30(2,3)4)26(45-29(42)31(32,33)34)24(12-17)44-10-8-9-25(35)40/h11-14,36H,7-10,15-16H2,1-6H3,(H2,35,40). The Bertz CT molecular complexity index is 1510. The number of alkyl halides is 3. The first-order chi connectivity index (χ1) is 20.8. The number of hydrogen-bond acceptors (Lipinski definition) is 8. The van der Waals surface area contributed by atoms with Crippen LogP contribution in [0.5, 0.6) is 17.2 Å². The van der Waals surface area contributed by atoms with Crippen molar-refractivity contribution in [2.45, 2.75) is 58.7 Å². The highest BCUT2D eigenvalue weighted by molar-refractivity contribution is 6.07. The van der Waals surface area contributed by atoms with E-state index in [0.29, 0.717) is 23.5 Å². The minimum absolute atomic E-state index is 0.00361. The number of benzene rings is 2. The molecule has 1 aliphatic rings. The largest absolute Gasteiger partial charge is 0.493 e. The van der Waals surface area contributed by atoms with Crippen molar-refractivity contribution in [3.63, 3.8) is 0 Å². The number of ketones is 1. The molecule has 0 aliphatic carbocycles. The molecule has 2 amide bonds. The van der Waals surface area contributed by atoms with E-state index < -0.39 is 35.0 Å². The second kappa shape index (κ2) is 13.6. The average Bonchev–Trinajstić information content (AvgIpc) is 3.23. The summed E-state index contributed by atoms with van der Waals surface area (Å²) in [6, 6.07) is 5.75. The Morgan fingerprint density at radius 3 is 2.24 bits per heavy atom. The van der Waals surface area contributed by atoms with Gasteiger partial charge in [-0.2, -0.15) is 13.2 Å². The maximum atomic E-state index is 13.6. The lowest BCUT2D eigenvalue weighted by Gasteiger charge is -2.26. The fourth-order valence-corrected chi connectivity index (χ4v) is 4.62. The van der Waals surface area contributed by atoms with E-state index in [0.717, 1.165) is 0 Å². The predicted molar refractivity (Wildman–Crippen MR) is 158 cm³/mol. The number of primary amides is 1. The number of carbonyl (C=O) groups excluding carboxylic acids is 4. The summed E-state index contributed by atoms with van der Waals surface area (Å²) in [5, 5.41) is 8.74. The molecule has 244 valence electrons. The molecule has 2 aromatic carbocycles. The zero-order chi connectivity index (χ0) is 33.9. The molecular weight excluding hydrogens is 597 g/mol. The lowest BCUT2D eigenvalue weighted by molar-refractivity contribution is -0.189. The molecule has 14 heteroatoms. The van der Waals surface area contributed by atoms with Crippen molar-refractivity contribution in [2.24, 2.45) is 5.73 Å². The minimum Gasteiger partial charge on any atom is -0.493 e. The molecule has 0 bridgehead atoms. The molecule has 11 nitrogen and oxygen atoms in total. The third kappa shape index (κ3) is 8.31. The lowest BCUT2D eigenvalue weighted by Crippen LogP contribution is -2.31. The molecule has 3 rings (SSSR count). The van der Waals surface area contributed by atoms with Crippen molar-refractivity contribution in [2.75, 3.05) is 33.9 Å². The first kappa shape index (κ1) is 34.9. The number of carbonyl (C=O) groups is 4. The van der Waals surface area contributed by atoms with E-state index in [1.165, 1.54) is 21.9 Å². The maximum absolute atomic E-state index is 13.6. The Balaban J connectivity index is 1.99. The average molecular weight is 635 g/mol. The number of nitrogens with zero attached hydrogens (tertiary/aromatic N) is 2. The van der Waals surface area contributed by atoms with E-state index >= 15 is 0 Å². The van der Waals surface area contributed by atoms with Gasteiger partial charge in [0.05, 0.1) is 25.3 Å². The highest BCUT2D eigenvalue weighted by Gasteiger charge is 2.43. The van der Waals surface area contributed by atoms with Crippen LogP contribution in [0.15, 0.2) is 24.3 Å². The summed E-state index contributed by atoms with van der Waals surface area (Å²) in [6.45, 7) is 6.78. The molecule has 0 aromatic heterocycles. The number of amidine groups is 1. The van der Waals surface area contributed by atoms with Crippen LogP contribution in [0, 0.1) is 5.41 Å². The van der Waals surface area contributed by atoms with E-state index in [9.17, 15) is 32.3 Å². The Labute approximate surface area is 258 Å². The molecular formula is C31H37F3N4O7. The van der Waals surface area contributed by atoms with Gasteiger partial charge in [-0.15, -0.1) is 0 Å². The van der Waals surface area contributed by atoms with Crippen molar-refractivity contribution in [1.29, 1.82) is 5.41 Å². The van der Waals surface area contributed by atoms with Crippen LogP contribution in [0.25, 0.3) is 0 Å². The van der Waals surface area contributed by atoms with Crippen molar-refractivity contribution in [1.82, 2.24) is 9.80 Å². The minimum atomic E-state index is -5.29. The van der Waals surface area contributed by atoms with Crippen molar-refractivity contribution in [3.8, 4) is 17.2 Å². The number of esters is 1. The first-order valence-electron chi connectivity index (χ1n) is 14.1. The highest BCUT2D eigenvalue weighted by Crippen LogP contribution is 2.41. The predicted octanol–water partition coefficient (Wildman–Crippen LogP) is 4.22. The summed E-state index contributed by atoms with van der Waals surface area (Å²) < 4.78 is 55.6. The van der Waals surface area contributed by atoms with Gasteiger partial charge in [-0.1, -0.05) is 20.8 Å². The third-order valence-corrected chi connectivity index (χ3v) is 6.84. The Morgan fingerprint density at radius 1 is 1.02 bits per heavy atom. The van der Waals surface area contributed by atoms with Crippen LogP contribution in [0.2, 0.25) is 0 Å². The van der Waals surface area contributed by atoms with Crippen LogP contribution in [-0.2, 0) is 21.5 Å². The summed E-state index contributed by atoms with van der Waals surface area (Å²) in [6.07, 6.45) is -5.24. The first-order valence-corrected chi connectivity index (χ1v) is 14.1. The molecule has 0 atom stereocenters. The second-order valence-electron chi connectivity index (χ2n) is 11.7. The smallest absolute Gasteiger partial charge is 0.491 e. The number of rotatable bonds is 12. The van der Waals surface area contributed by atoms with E-state index in [2.05, 4.69) is 0 Å².